The molecule has 3 aromatic rings. The number of fused-ring (bicyclic) bond motifs is 1. The molecule has 0 aliphatic carbocycles. The third kappa shape index (κ3) is 2.95. The number of imide groups is 1. The second-order valence-electron chi connectivity index (χ2n) is 7.43. The van der Waals surface area contributed by atoms with Gasteiger partial charge in [0.2, 0.25) is 0 Å². The molecule has 0 spiro atoms. The van der Waals surface area contributed by atoms with Crippen molar-refractivity contribution in [2.24, 2.45) is 0 Å². The Balaban J connectivity index is 1.32. The minimum absolute atomic E-state index is 0.0480. The average molecular weight is 398 g/mol. The average Bonchev–Trinajstić information content (AvgIpc) is 3.38. The van der Waals surface area contributed by atoms with E-state index in [1.807, 2.05) is 23.1 Å². The minimum atomic E-state index is -0.485. The molecule has 1 atom stereocenters. The number of carbonyl (C=O) groups excluding carboxylic acids is 3. The number of hydrogen-bond acceptors (Lipinski definition) is 5. The summed E-state index contributed by atoms with van der Waals surface area (Å²) in [6.07, 6.45) is 3.52. The van der Waals surface area contributed by atoms with Gasteiger partial charge >= 0.3 is 0 Å². The van der Waals surface area contributed by atoms with Gasteiger partial charge in [-0.25, -0.2) is 14.9 Å². The van der Waals surface area contributed by atoms with Crippen molar-refractivity contribution in [3.05, 3.63) is 89.5 Å². The largest absolute Gasteiger partial charge is 0.338 e. The number of rotatable bonds is 3. The molecule has 1 saturated heterocycles. The van der Waals surface area contributed by atoms with Crippen LogP contribution >= 0.6 is 0 Å². The maximum atomic E-state index is 12.9. The monoisotopic (exact) mass is 398 g/mol. The first kappa shape index (κ1) is 18.2. The molecule has 3 amide bonds. The lowest BCUT2D eigenvalue weighted by Crippen LogP contribution is -2.30. The van der Waals surface area contributed by atoms with Crippen molar-refractivity contribution in [3.8, 4) is 0 Å². The summed E-state index contributed by atoms with van der Waals surface area (Å²) < 4.78 is 0. The van der Waals surface area contributed by atoms with E-state index in [0.29, 0.717) is 30.3 Å². The van der Waals surface area contributed by atoms with Gasteiger partial charge in [0.1, 0.15) is 12.0 Å². The van der Waals surface area contributed by atoms with Gasteiger partial charge in [-0.15, -0.1) is 0 Å². The van der Waals surface area contributed by atoms with E-state index in [-0.39, 0.29) is 17.2 Å². The number of benzene rings is 2. The molecule has 1 aromatic heterocycles. The lowest BCUT2D eigenvalue weighted by atomic mass is 9.99. The molecule has 0 saturated carbocycles. The van der Waals surface area contributed by atoms with Crippen LogP contribution in [0.2, 0.25) is 0 Å². The van der Waals surface area contributed by atoms with E-state index in [0.717, 1.165) is 11.3 Å². The Labute approximate surface area is 173 Å². The van der Waals surface area contributed by atoms with Crippen molar-refractivity contribution in [1.29, 1.82) is 0 Å². The van der Waals surface area contributed by atoms with E-state index >= 15 is 0 Å². The van der Waals surface area contributed by atoms with Crippen LogP contribution in [0.5, 0.6) is 0 Å². The predicted octanol–water partition coefficient (Wildman–Crippen LogP) is 2.91. The Morgan fingerprint density at radius 2 is 1.73 bits per heavy atom. The molecule has 2 aromatic carbocycles. The highest BCUT2D eigenvalue weighted by Crippen LogP contribution is 2.29. The highest BCUT2D eigenvalue weighted by molar-refractivity contribution is 6.33. The zero-order valence-corrected chi connectivity index (χ0v) is 16.1. The normalized spacial score (nSPS) is 18.1. The van der Waals surface area contributed by atoms with Crippen molar-refractivity contribution in [2.45, 2.75) is 12.3 Å². The molecule has 7 heteroatoms. The predicted molar refractivity (Wildman–Crippen MR) is 109 cm³/mol. The van der Waals surface area contributed by atoms with Gasteiger partial charge in [-0.3, -0.25) is 14.4 Å². The second kappa shape index (κ2) is 7.18. The third-order valence-corrected chi connectivity index (χ3v) is 5.67. The Bertz CT molecular complexity index is 1110. The van der Waals surface area contributed by atoms with Crippen molar-refractivity contribution in [2.75, 3.05) is 18.0 Å². The molecular weight excluding hydrogens is 380 g/mol. The van der Waals surface area contributed by atoms with Gasteiger partial charge in [0, 0.05) is 30.8 Å². The molecule has 1 fully saturated rings. The lowest BCUT2D eigenvalue weighted by Gasteiger charge is -2.18. The molecular formula is C23H18N4O3. The summed E-state index contributed by atoms with van der Waals surface area (Å²) in [6, 6.07) is 16.8. The molecule has 0 unspecified atom stereocenters. The van der Waals surface area contributed by atoms with E-state index in [2.05, 4.69) is 22.1 Å². The number of likely N-dealkylation sites (tertiary alicyclic amines) is 1. The van der Waals surface area contributed by atoms with E-state index in [1.165, 1.54) is 18.1 Å². The molecule has 148 valence electrons. The van der Waals surface area contributed by atoms with Crippen molar-refractivity contribution >= 4 is 23.4 Å². The molecule has 5 rings (SSSR count). The molecule has 2 aliphatic heterocycles. The lowest BCUT2D eigenvalue weighted by molar-refractivity contribution is 0.0790. The van der Waals surface area contributed by atoms with Crippen LogP contribution in [-0.4, -0.2) is 45.7 Å². The fraction of sp³-hybridized carbons (Fsp3) is 0.174. The number of carbonyl (C=O) groups is 3. The summed E-state index contributed by atoms with van der Waals surface area (Å²) in [5, 5.41) is 0. The van der Waals surface area contributed by atoms with Crippen LogP contribution < -0.4 is 4.90 Å². The number of nitrogens with zero attached hydrogens (tertiary/aromatic N) is 4. The first-order valence-electron chi connectivity index (χ1n) is 9.76. The zero-order chi connectivity index (χ0) is 20.7. The van der Waals surface area contributed by atoms with Gasteiger partial charge in [0.15, 0.2) is 0 Å². The molecule has 2 aliphatic rings. The van der Waals surface area contributed by atoms with E-state index < -0.39 is 11.8 Å². The van der Waals surface area contributed by atoms with Crippen LogP contribution in [0.1, 0.15) is 49.1 Å². The van der Waals surface area contributed by atoms with E-state index in [9.17, 15) is 14.4 Å². The first-order valence-corrected chi connectivity index (χ1v) is 9.76. The maximum Gasteiger partial charge on any atom is 0.284 e. The quantitative estimate of drug-likeness (QED) is 0.634. The van der Waals surface area contributed by atoms with Crippen molar-refractivity contribution in [3.63, 3.8) is 0 Å². The highest BCUT2D eigenvalue weighted by atomic mass is 16.2. The van der Waals surface area contributed by atoms with Crippen LogP contribution in [0.3, 0.4) is 0 Å². The Morgan fingerprint density at radius 1 is 0.967 bits per heavy atom. The Morgan fingerprint density at radius 3 is 2.47 bits per heavy atom. The van der Waals surface area contributed by atoms with Crippen molar-refractivity contribution in [1.82, 2.24) is 14.9 Å². The zero-order valence-electron chi connectivity index (χ0n) is 16.1. The van der Waals surface area contributed by atoms with E-state index in [1.54, 1.807) is 24.3 Å². The fourth-order valence-corrected chi connectivity index (χ4v) is 4.09. The third-order valence-electron chi connectivity index (χ3n) is 5.67. The van der Waals surface area contributed by atoms with Gasteiger partial charge in [-0.05, 0) is 36.2 Å². The summed E-state index contributed by atoms with van der Waals surface area (Å²) >= 11 is 0. The maximum absolute atomic E-state index is 12.9. The minimum Gasteiger partial charge on any atom is -0.338 e. The smallest absolute Gasteiger partial charge is 0.284 e. The molecule has 0 radical (unpaired) electrons. The summed E-state index contributed by atoms with van der Waals surface area (Å²) in [5.41, 5.74) is 2.47. The molecule has 7 nitrogen and oxygen atoms in total. The molecule has 3 heterocycles. The second-order valence-corrected chi connectivity index (χ2v) is 7.43. The van der Waals surface area contributed by atoms with Crippen LogP contribution in [0, 0.1) is 0 Å². The summed E-state index contributed by atoms with van der Waals surface area (Å²) in [6.45, 7) is 1.39. The van der Waals surface area contributed by atoms with Gasteiger partial charge in [-0.2, -0.15) is 0 Å². The van der Waals surface area contributed by atoms with E-state index in [4.69, 9.17) is 0 Å². The van der Waals surface area contributed by atoms with Crippen LogP contribution in [-0.2, 0) is 0 Å². The van der Waals surface area contributed by atoms with Gasteiger partial charge in [-0.1, -0.05) is 30.3 Å². The summed E-state index contributed by atoms with van der Waals surface area (Å²) in [5.74, 6) is -0.649. The van der Waals surface area contributed by atoms with Gasteiger partial charge in [0.25, 0.3) is 17.7 Å². The molecule has 0 N–H and O–H groups in total. The van der Waals surface area contributed by atoms with Gasteiger partial charge in [0.05, 0.1) is 11.3 Å². The Kier molecular flexibility index (Phi) is 4.35. The number of anilines is 1. The Hall–Kier alpha value is -3.87. The first-order chi connectivity index (χ1) is 14.6. The van der Waals surface area contributed by atoms with Crippen LogP contribution in [0.25, 0.3) is 0 Å². The summed E-state index contributed by atoms with van der Waals surface area (Å²) in [4.78, 5) is 48.7. The number of aromatic nitrogens is 2. The summed E-state index contributed by atoms with van der Waals surface area (Å²) in [7, 11) is 0. The fourth-order valence-electron chi connectivity index (χ4n) is 4.09. The van der Waals surface area contributed by atoms with Crippen LogP contribution in [0.4, 0.5) is 5.69 Å². The SMILES string of the molecule is O=C(c1ccc(N2C(=O)c3cncnc3C2=O)cc1)N1CC[C@H](c2ccccc2)C1. The number of hydrogen-bond donors (Lipinski definition) is 0. The van der Waals surface area contributed by atoms with Crippen molar-refractivity contribution < 1.29 is 14.4 Å². The van der Waals surface area contributed by atoms with Crippen LogP contribution in [0.15, 0.2) is 67.1 Å². The number of amides is 3. The van der Waals surface area contributed by atoms with Gasteiger partial charge < -0.3 is 4.90 Å². The topological polar surface area (TPSA) is 83.5 Å². The molecule has 0 bridgehead atoms. The highest BCUT2D eigenvalue weighted by Gasteiger charge is 2.38. The standard InChI is InChI=1S/C23H18N4O3/c28-21(26-11-10-17(13-26)15-4-2-1-3-5-15)16-6-8-18(9-7-16)27-22(29)19-12-24-14-25-20(19)23(27)30/h1-9,12,14,17H,10-11,13H2/t17-/m0/s1. The molecule has 30 heavy (non-hydrogen) atoms.